The summed E-state index contributed by atoms with van der Waals surface area (Å²) in [5.41, 5.74) is 2.28. The standard InChI is InChI=1S/C19H18O2/c1-3-7-16(8-4-1)11-12-18(20-14-19-15-21-19)13-17-9-5-2-6-10-17/h1-13,19H,14-15H2. The first kappa shape index (κ1) is 13.7. The van der Waals surface area contributed by atoms with E-state index >= 15 is 0 Å². The fourth-order valence-electron chi connectivity index (χ4n) is 1.95. The molecular weight excluding hydrogens is 260 g/mol. The van der Waals surface area contributed by atoms with Crippen LogP contribution in [0.5, 0.6) is 0 Å². The highest BCUT2D eigenvalue weighted by atomic mass is 16.6. The van der Waals surface area contributed by atoms with E-state index in [9.17, 15) is 0 Å². The largest absolute Gasteiger partial charge is 0.491 e. The molecule has 1 unspecified atom stereocenters. The number of allylic oxidation sites excluding steroid dienone is 1. The van der Waals surface area contributed by atoms with E-state index in [0.29, 0.717) is 6.61 Å². The number of epoxide rings is 1. The first-order valence-corrected chi connectivity index (χ1v) is 7.14. The molecule has 0 saturated carbocycles. The Kier molecular flexibility index (Phi) is 4.49. The van der Waals surface area contributed by atoms with Crippen molar-refractivity contribution in [2.24, 2.45) is 0 Å². The van der Waals surface area contributed by atoms with Gasteiger partial charge in [-0.1, -0.05) is 66.7 Å². The van der Waals surface area contributed by atoms with Crippen molar-refractivity contribution in [3.63, 3.8) is 0 Å². The van der Waals surface area contributed by atoms with Crippen molar-refractivity contribution in [2.45, 2.75) is 6.10 Å². The van der Waals surface area contributed by atoms with Gasteiger partial charge in [0.2, 0.25) is 0 Å². The highest BCUT2D eigenvalue weighted by molar-refractivity contribution is 5.59. The quantitative estimate of drug-likeness (QED) is 0.449. The zero-order valence-electron chi connectivity index (χ0n) is 11.8. The van der Waals surface area contributed by atoms with Crippen molar-refractivity contribution in [2.75, 3.05) is 13.2 Å². The Bertz CT molecular complexity index is 611. The predicted molar refractivity (Wildman–Crippen MR) is 85.6 cm³/mol. The Morgan fingerprint density at radius 2 is 1.62 bits per heavy atom. The summed E-state index contributed by atoms with van der Waals surface area (Å²) >= 11 is 0. The molecule has 1 aliphatic heterocycles. The van der Waals surface area contributed by atoms with Crippen LogP contribution in [0.2, 0.25) is 0 Å². The maximum Gasteiger partial charge on any atom is 0.120 e. The average molecular weight is 278 g/mol. The molecule has 2 aromatic rings. The third-order valence-electron chi connectivity index (χ3n) is 3.19. The summed E-state index contributed by atoms with van der Waals surface area (Å²) in [5.74, 6) is 0.848. The Morgan fingerprint density at radius 1 is 1.00 bits per heavy atom. The number of hydrogen-bond acceptors (Lipinski definition) is 2. The van der Waals surface area contributed by atoms with E-state index in [0.717, 1.165) is 23.5 Å². The van der Waals surface area contributed by atoms with Gasteiger partial charge in [-0.3, -0.25) is 0 Å². The minimum absolute atomic E-state index is 0.259. The lowest BCUT2D eigenvalue weighted by Crippen LogP contribution is -1.99. The molecule has 1 saturated heterocycles. The van der Waals surface area contributed by atoms with Gasteiger partial charge >= 0.3 is 0 Å². The van der Waals surface area contributed by atoms with Gasteiger partial charge in [0, 0.05) is 0 Å². The zero-order chi connectivity index (χ0) is 14.3. The highest BCUT2D eigenvalue weighted by Crippen LogP contribution is 2.15. The van der Waals surface area contributed by atoms with E-state index in [1.807, 2.05) is 48.6 Å². The normalized spacial score (nSPS) is 17.9. The monoisotopic (exact) mass is 278 g/mol. The molecule has 2 heteroatoms. The summed E-state index contributed by atoms with van der Waals surface area (Å²) in [4.78, 5) is 0. The first-order valence-electron chi connectivity index (χ1n) is 7.14. The van der Waals surface area contributed by atoms with Gasteiger partial charge in [-0.25, -0.2) is 0 Å². The van der Waals surface area contributed by atoms with Crippen LogP contribution >= 0.6 is 0 Å². The molecule has 2 nitrogen and oxygen atoms in total. The highest BCUT2D eigenvalue weighted by Gasteiger charge is 2.23. The molecule has 106 valence electrons. The van der Waals surface area contributed by atoms with Gasteiger partial charge in [0.25, 0.3) is 0 Å². The third kappa shape index (κ3) is 4.62. The van der Waals surface area contributed by atoms with Crippen molar-refractivity contribution in [3.8, 4) is 0 Å². The Balaban J connectivity index is 1.74. The summed E-state index contributed by atoms with van der Waals surface area (Å²) in [6, 6.07) is 20.4. The Morgan fingerprint density at radius 3 is 2.24 bits per heavy atom. The molecule has 0 N–H and O–H groups in total. The van der Waals surface area contributed by atoms with Gasteiger partial charge < -0.3 is 9.47 Å². The fraction of sp³-hybridized carbons (Fsp3) is 0.158. The van der Waals surface area contributed by atoms with Crippen LogP contribution in [0.25, 0.3) is 12.2 Å². The lowest BCUT2D eigenvalue weighted by molar-refractivity contribution is 0.195. The summed E-state index contributed by atoms with van der Waals surface area (Å²) in [6.45, 7) is 1.42. The molecule has 0 aromatic heterocycles. The maximum atomic E-state index is 5.84. The summed E-state index contributed by atoms with van der Waals surface area (Å²) < 4.78 is 11.0. The van der Waals surface area contributed by atoms with Gasteiger partial charge in [0.05, 0.1) is 6.61 Å². The predicted octanol–water partition coefficient (Wildman–Crippen LogP) is 4.16. The number of ether oxygens (including phenoxy) is 2. The number of hydrogen-bond donors (Lipinski definition) is 0. The maximum absolute atomic E-state index is 5.84. The average Bonchev–Trinajstić information content (AvgIpc) is 3.36. The van der Waals surface area contributed by atoms with Gasteiger partial charge in [-0.05, 0) is 23.3 Å². The Labute approximate surface area is 125 Å². The molecule has 1 heterocycles. The first-order chi connectivity index (χ1) is 10.4. The lowest BCUT2D eigenvalue weighted by atomic mass is 10.1. The fourth-order valence-corrected chi connectivity index (χ4v) is 1.95. The van der Waals surface area contributed by atoms with E-state index in [2.05, 4.69) is 30.3 Å². The van der Waals surface area contributed by atoms with Crippen LogP contribution in [-0.4, -0.2) is 19.3 Å². The van der Waals surface area contributed by atoms with Gasteiger partial charge in [0.15, 0.2) is 0 Å². The smallest absolute Gasteiger partial charge is 0.120 e. The third-order valence-corrected chi connectivity index (χ3v) is 3.19. The van der Waals surface area contributed by atoms with E-state index in [1.165, 1.54) is 0 Å². The topological polar surface area (TPSA) is 21.8 Å². The second-order valence-electron chi connectivity index (χ2n) is 4.97. The summed E-state index contributed by atoms with van der Waals surface area (Å²) in [7, 11) is 0. The van der Waals surface area contributed by atoms with Crippen LogP contribution in [0.1, 0.15) is 11.1 Å². The molecule has 3 rings (SSSR count). The van der Waals surface area contributed by atoms with E-state index in [1.54, 1.807) is 0 Å². The van der Waals surface area contributed by atoms with Crippen LogP contribution in [0.3, 0.4) is 0 Å². The molecule has 0 radical (unpaired) electrons. The lowest BCUT2D eigenvalue weighted by Gasteiger charge is -2.05. The molecule has 21 heavy (non-hydrogen) atoms. The SMILES string of the molecule is C(=Cc1ccccc1)C(=Cc1ccccc1)OCC1CO1. The van der Waals surface area contributed by atoms with Crippen molar-refractivity contribution in [1.82, 2.24) is 0 Å². The van der Waals surface area contributed by atoms with E-state index in [4.69, 9.17) is 9.47 Å². The molecule has 1 atom stereocenters. The molecule has 0 spiro atoms. The number of rotatable bonds is 6. The Hall–Kier alpha value is -2.32. The van der Waals surface area contributed by atoms with Crippen molar-refractivity contribution < 1.29 is 9.47 Å². The molecule has 0 amide bonds. The van der Waals surface area contributed by atoms with Crippen molar-refractivity contribution >= 4 is 12.2 Å². The van der Waals surface area contributed by atoms with Crippen molar-refractivity contribution in [1.29, 1.82) is 0 Å². The van der Waals surface area contributed by atoms with Crippen LogP contribution in [0, 0.1) is 0 Å². The molecule has 2 aromatic carbocycles. The van der Waals surface area contributed by atoms with E-state index in [-0.39, 0.29) is 6.10 Å². The zero-order valence-corrected chi connectivity index (χ0v) is 11.8. The molecule has 0 bridgehead atoms. The minimum atomic E-state index is 0.259. The van der Waals surface area contributed by atoms with E-state index < -0.39 is 0 Å². The van der Waals surface area contributed by atoms with Crippen LogP contribution in [-0.2, 0) is 9.47 Å². The second-order valence-corrected chi connectivity index (χ2v) is 4.97. The molecule has 1 aliphatic rings. The molecular formula is C19H18O2. The number of benzene rings is 2. The molecule has 1 fully saturated rings. The van der Waals surface area contributed by atoms with Crippen LogP contribution < -0.4 is 0 Å². The summed E-state index contributed by atoms with van der Waals surface area (Å²) in [5, 5.41) is 0. The molecule has 0 aliphatic carbocycles. The van der Waals surface area contributed by atoms with Crippen LogP contribution in [0.15, 0.2) is 72.5 Å². The van der Waals surface area contributed by atoms with Gasteiger partial charge in [-0.2, -0.15) is 0 Å². The van der Waals surface area contributed by atoms with Gasteiger partial charge in [-0.15, -0.1) is 0 Å². The van der Waals surface area contributed by atoms with Crippen LogP contribution in [0.4, 0.5) is 0 Å². The second kappa shape index (κ2) is 6.91. The van der Waals surface area contributed by atoms with Crippen molar-refractivity contribution in [3.05, 3.63) is 83.6 Å². The summed E-state index contributed by atoms with van der Waals surface area (Å²) in [6.07, 6.45) is 6.36. The van der Waals surface area contributed by atoms with Gasteiger partial charge in [0.1, 0.15) is 18.5 Å². The minimum Gasteiger partial charge on any atom is -0.491 e.